The predicted molar refractivity (Wildman–Crippen MR) is 81.1 cm³/mol. The lowest BCUT2D eigenvalue weighted by Gasteiger charge is -2.29. The molecule has 0 aliphatic carbocycles. The topological polar surface area (TPSA) is 53.4 Å². The van der Waals surface area contributed by atoms with Crippen LogP contribution in [0.2, 0.25) is 0 Å². The summed E-state index contributed by atoms with van der Waals surface area (Å²) in [6, 6.07) is 0. The zero-order chi connectivity index (χ0) is 14.5. The van der Waals surface area contributed by atoms with Crippen molar-refractivity contribution in [1.82, 2.24) is 9.88 Å². The fourth-order valence-electron chi connectivity index (χ4n) is 2.61. The average molecular weight is 296 g/mol. The van der Waals surface area contributed by atoms with Crippen molar-refractivity contribution in [2.75, 3.05) is 13.1 Å². The number of hydrogen-bond acceptors (Lipinski definition) is 4. The van der Waals surface area contributed by atoms with Crippen molar-refractivity contribution in [2.45, 2.75) is 52.5 Å². The lowest BCUT2D eigenvalue weighted by molar-refractivity contribution is -0.136. The number of carbonyl (C=O) groups is 1. The summed E-state index contributed by atoms with van der Waals surface area (Å²) in [4.78, 5) is 19.0. The van der Waals surface area contributed by atoms with Crippen LogP contribution in [0.5, 0.6) is 0 Å². The first-order valence-corrected chi connectivity index (χ1v) is 8.31. The van der Waals surface area contributed by atoms with Crippen LogP contribution < -0.4 is 0 Å². The quantitative estimate of drug-likeness (QED) is 0.877. The molecule has 2 heterocycles. The van der Waals surface area contributed by atoms with Crippen molar-refractivity contribution in [3.8, 4) is 0 Å². The van der Waals surface area contributed by atoms with Gasteiger partial charge in [0.2, 0.25) is 0 Å². The second-order valence-electron chi connectivity index (χ2n) is 5.68. The van der Waals surface area contributed by atoms with E-state index in [1.807, 2.05) is 0 Å². The number of carboxylic acids is 1. The van der Waals surface area contributed by atoms with E-state index in [9.17, 15) is 4.79 Å². The largest absolute Gasteiger partial charge is 0.481 e. The van der Waals surface area contributed by atoms with Gasteiger partial charge in [-0.2, -0.15) is 0 Å². The highest BCUT2D eigenvalue weighted by Gasteiger charge is 2.18. The second kappa shape index (κ2) is 7.18. The summed E-state index contributed by atoms with van der Waals surface area (Å²) < 4.78 is 0. The lowest BCUT2D eigenvalue weighted by Crippen LogP contribution is -2.32. The minimum atomic E-state index is -0.730. The zero-order valence-corrected chi connectivity index (χ0v) is 13.2. The molecule has 1 N–H and O–H groups in total. The molecular formula is C15H24N2O2S. The van der Waals surface area contributed by atoms with E-state index in [2.05, 4.69) is 18.7 Å². The molecule has 0 radical (unpaired) electrons. The Hall–Kier alpha value is -0.940. The molecule has 1 fully saturated rings. The Kier molecular flexibility index (Phi) is 5.54. The smallest absolute Gasteiger partial charge is 0.303 e. The summed E-state index contributed by atoms with van der Waals surface area (Å²) in [6.07, 6.45) is 4.27. The first kappa shape index (κ1) is 15.4. The minimum absolute atomic E-state index is 0.204. The third-order valence-electron chi connectivity index (χ3n) is 3.96. The number of aliphatic carboxylic acids is 1. The molecular weight excluding hydrogens is 272 g/mol. The van der Waals surface area contributed by atoms with Gasteiger partial charge in [0.15, 0.2) is 0 Å². The van der Waals surface area contributed by atoms with Crippen molar-refractivity contribution in [3.05, 3.63) is 15.6 Å². The Labute approximate surface area is 124 Å². The van der Waals surface area contributed by atoms with E-state index >= 15 is 0 Å². The minimum Gasteiger partial charge on any atom is -0.481 e. The molecule has 5 heteroatoms. The second-order valence-corrected chi connectivity index (χ2v) is 6.85. The predicted octanol–water partition coefficient (Wildman–Crippen LogP) is 2.95. The molecule has 0 aromatic carbocycles. The molecule has 1 aliphatic heterocycles. The van der Waals surface area contributed by atoms with Crippen LogP contribution in [0.4, 0.5) is 0 Å². The molecule has 4 nitrogen and oxygen atoms in total. The van der Waals surface area contributed by atoms with E-state index in [1.165, 1.54) is 12.8 Å². The van der Waals surface area contributed by atoms with Gasteiger partial charge in [-0.3, -0.25) is 9.69 Å². The van der Waals surface area contributed by atoms with Crippen LogP contribution in [0, 0.1) is 5.92 Å². The summed E-state index contributed by atoms with van der Waals surface area (Å²) in [7, 11) is 0. The van der Waals surface area contributed by atoms with Crippen LogP contribution in [-0.2, 0) is 24.2 Å². The van der Waals surface area contributed by atoms with E-state index in [-0.39, 0.29) is 6.42 Å². The molecule has 0 atom stereocenters. The van der Waals surface area contributed by atoms with Gasteiger partial charge in [0.05, 0.1) is 18.7 Å². The van der Waals surface area contributed by atoms with Gasteiger partial charge >= 0.3 is 5.97 Å². The maximum atomic E-state index is 10.7. The molecule has 2 rings (SSSR count). The Bertz CT molecular complexity index is 451. The van der Waals surface area contributed by atoms with Gasteiger partial charge in [-0.1, -0.05) is 13.8 Å². The molecule has 1 aromatic heterocycles. The Morgan fingerprint density at radius 3 is 2.75 bits per heavy atom. The fraction of sp³-hybridized carbons (Fsp3) is 0.733. The van der Waals surface area contributed by atoms with Crippen LogP contribution >= 0.6 is 11.3 Å². The van der Waals surface area contributed by atoms with Crippen molar-refractivity contribution in [2.24, 2.45) is 5.92 Å². The van der Waals surface area contributed by atoms with Gasteiger partial charge < -0.3 is 5.11 Å². The third kappa shape index (κ3) is 4.28. The Morgan fingerprint density at radius 2 is 2.15 bits per heavy atom. The molecule has 1 aliphatic rings. The maximum Gasteiger partial charge on any atom is 0.303 e. The first-order chi connectivity index (χ1) is 9.58. The number of aryl methyl sites for hydroxylation is 2. The number of nitrogens with zero attached hydrogens (tertiary/aromatic N) is 2. The Balaban J connectivity index is 1.96. The van der Waals surface area contributed by atoms with Gasteiger partial charge in [-0.05, 0) is 44.7 Å². The number of rotatable bonds is 6. The zero-order valence-electron chi connectivity index (χ0n) is 12.4. The highest BCUT2D eigenvalue weighted by molar-refractivity contribution is 7.11. The number of piperidine rings is 1. The van der Waals surface area contributed by atoms with Gasteiger partial charge in [-0.25, -0.2) is 4.98 Å². The number of carboxylic acid groups (broad SMARTS) is 1. The summed E-state index contributed by atoms with van der Waals surface area (Å²) >= 11 is 1.70. The first-order valence-electron chi connectivity index (χ1n) is 7.50. The van der Waals surface area contributed by atoms with Crippen LogP contribution in [-0.4, -0.2) is 34.0 Å². The number of hydrogen-bond donors (Lipinski definition) is 1. The summed E-state index contributed by atoms with van der Waals surface area (Å²) in [5, 5.41) is 9.96. The van der Waals surface area contributed by atoms with Gasteiger partial charge in [0.1, 0.15) is 5.01 Å². The standard InChI is InChI=1S/C15H24N2O2S/c1-3-12-13(4-5-15(18)19)20-14(16-12)10-17-8-6-11(2)7-9-17/h11H,3-10H2,1-2H3,(H,18,19). The molecule has 0 amide bonds. The van der Waals surface area contributed by atoms with Crippen LogP contribution in [0.25, 0.3) is 0 Å². The van der Waals surface area contributed by atoms with E-state index in [1.54, 1.807) is 11.3 Å². The molecule has 20 heavy (non-hydrogen) atoms. The van der Waals surface area contributed by atoms with Gasteiger partial charge in [-0.15, -0.1) is 11.3 Å². The fourth-order valence-corrected chi connectivity index (χ4v) is 3.81. The molecule has 1 aromatic rings. The van der Waals surface area contributed by atoms with E-state index in [0.29, 0.717) is 6.42 Å². The lowest BCUT2D eigenvalue weighted by atomic mass is 9.99. The SMILES string of the molecule is CCc1nc(CN2CCC(C)CC2)sc1CCC(=O)O. The highest BCUT2D eigenvalue weighted by atomic mass is 32.1. The van der Waals surface area contributed by atoms with E-state index in [4.69, 9.17) is 10.1 Å². The van der Waals surface area contributed by atoms with Gasteiger partial charge in [0, 0.05) is 4.88 Å². The number of aromatic nitrogens is 1. The van der Waals surface area contributed by atoms with E-state index in [0.717, 1.165) is 47.6 Å². The van der Waals surface area contributed by atoms with Crippen molar-refractivity contribution in [3.63, 3.8) is 0 Å². The molecule has 0 unspecified atom stereocenters. The van der Waals surface area contributed by atoms with E-state index < -0.39 is 5.97 Å². The van der Waals surface area contributed by atoms with Crippen molar-refractivity contribution in [1.29, 1.82) is 0 Å². The average Bonchev–Trinajstić information content (AvgIpc) is 2.81. The normalized spacial score (nSPS) is 17.5. The summed E-state index contributed by atoms with van der Waals surface area (Å²) in [5.41, 5.74) is 1.09. The van der Waals surface area contributed by atoms with Crippen LogP contribution in [0.1, 0.15) is 48.7 Å². The molecule has 112 valence electrons. The number of likely N-dealkylation sites (tertiary alicyclic amines) is 1. The molecule has 0 bridgehead atoms. The monoisotopic (exact) mass is 296 g/mol. The summed E-state index contributed by atoms with van der Waals surface area (Å²) in [6.45, 7) is 7.66. The van der Waals surface area contributed by atoms with Crippen LogP contribution in [0.15, 0.2) is 0 Å². The molecule has 0 spiro atoms. The van der Waals surface area contributed by atoms with Gasteiger partial charge in [0.25, 0.3) is 0 Å². The van der Waals surface area contributed by atoms with Crippen molar-refractivity contribution >= 4 is 17.3 Å². The number of thiazole rings is 1. The van der Waals surface area contributed by atoms with Crippen molar-refractivity contribution < 1.29 is 9.90 Å². The Morgan fingerprint density at radius 1 is 1.45 bits per heavy atom. The highest BCUT2D eigenvalue weighted by Crippen LogP contribution is 2.24. The maximum absolute atomic E-state index is 10.7. The molecule has 0 saturated carbocycles. The molecule has 1 saturated heterocycles. The third-order valence-corrected chi connectivity index (χ3v) is 5.10. The van der Waals surface area contributed by atoms with Crippen LogP contribution in [0.3, 0.4) is 0 Å². The summed E-state index contributed by atoms with van der Waals surface area (Å²) in [5.74, 6) is 0.117.